The highest BCUT2D eigenvalue weighted by Gasteiger charge is 2.35. The maximum atomic E-state index is 13.2. The molecule has 0 radical (unpaired) electrons. The van der Waals surface area contributed by atoms with Gasteiger partial charge in [-0.3, -0.25) is 24.6 Å². The number of hydrogen-bond acceptors (Lipinski definition) is 6. The normalized spacial score (nSPS) is 15.1. The van der Waals surface area contributed by atoms with Crippen molar-refractivity contribution in [3.8, 4) is 11.3 Å². The summed E-state index contributed by atoms with van der Waals surface area (Å²) in [5.41, 5.74) is 0.417. The Morgan fingerprint density at radius 3 is 2.62 bits per heavy atom. The molecular formula is C21H11Cl2FN2O5S. The average Bonchev–Trinajstić information content (AvgIpc) is 3.30. The molecule has 0 saturated carbocycles. The molecule has 11 heteroatoms. The fraction of sp³-hybridized carbons (Fsp3) is 0.0476. The number of carbonyl (C=O) groups excluding carboxylic acids is 2. The maximum Gasteiger partial charge on any atom is 0.293 e. The van der Waals surface area contributed by atoms with Crippen LogP contribution in [0.5, 0.6) is 0 Å². The number of furan rings is 1. The van der Waals surface area contributed by atoms with Crippen molar-refractivity contribution in [3.63, 3.8) is 0 Å². The second-order valence-corrected chi connectivity index (χ2v) is 8.46. The summed E-state index contributed by atoms with van der Waals surface area (Å²) in [6.07, 6.45) is 1.38. The number of rotatable bonds is 5. The lowest BCUT2D eigenvalue weighted by Gasteiger charge is -2.13. The summed E-state index contributed by atoms with van der Waals surface area (Å²) < 4.78 is 18.9. The second kappa shape index (κ2) is 8.78. The van der Waals surface area contributed by atoms with Gasteiger partial charge in [0.05, 0.1) is 21.9 Å². The monoisotopic (exact) mass is 492 g/mol. The number of thioether (sulfide) groups is 1. The molecule has 7 nitrogen and oxygen atoms in total. The van der Waals surface area contributed by atoms with Crippen LogP contribution in [0.25, 0.3) is 17.4 Å². The lowest BCUT2D eigenvalue weighted by atomic mass is 10.1. The lowest BCUT2D eigenvalue weighted by molar-refractivity contribution is -0.384. The highest BCUT2D eigenvalue weighted by Crippen LogP contribution is 2.37. The molecule has 0 atom stereocenters. The summed E-state index contributed by atoms with van der Waals surface area (Å²) >= 11 is 12.5. The van der Waals surface area contributed by atoms with Crippen molar-refractivity contribution in [3.05, 3.63) is 90.7 Å². The Balaban J connectivity index is 1.58. The predicted molar refractivity (Wildman–Crippen MR) is 119 cm³/mol. The number of amides is 2. The van der Waals surface area contributed by atoms with Crippen LogP contribution in [0.3, 0.4) is 0 Å². The first-order valence-electron chi connectivity index (χ1n) is 8.96. The van der Waals surface area contributed by atoms with Crippen molar-refractivity contribution >= 4 is 57.9 Å². The van der Waals surface area contributed by atoms with Gasteiger partial charge >= 0.3 is 0 Å². The van der Waals surface area contributed by atoms with E-state index in [0.29, 0.717) is 17.3 Å². The van der Waals surface area contributed by atoms with Gasteiger partial charge < -0.3 is 4.42 Å². The largest absolute Gasteiger partial charge is 0.456 e. The third-order valence-corrected chi connectivity index (χ3v) is 6.03. The van der Waals surface area contributed by atoms with E-state index < -0.39 is 21.9 Å². The Morgan fingerprint density at radius 2 is 1.91 bits per heavy atom. The van der Waals surface area contributed by atoms with E-state index in [1.54, 1.807) is 0 Å². The van der Waals surface area contributed by atoms with Crippen LogP contribution in [0.1, 0.15) is 11.3 Å². The van der Waals surface area contributed by atoms with Crippen LogP contribution in [-0.4, -0.2) is 21.0 Å². The molecule has 162 valence electrons. The summed E-state index contributed by atoms with van der Waals surface area (Å²) in [6, 6.07) is 10.9. The third-order valence-electron chi connectivity index (χ3n) is 4.54. The molecule has 1 aliphatic heterocycles. The standard InChI is InChI=1S/C21H11Cl2FN2O5S/c22-12-2-5-15(17(7-12)26(29)30)18-6-4-14(31-18)9-19-20(27)25(21(28)32-19)10-11-1-3-13(24)8-16(11)23/h1-9H,10H2/b19-9+. The zero-order valence-corrected chi connectivity index (χ0v) is 18.2. The van der Waals surface area contributed by atoms with Crippen molar-refractivity contribution in [2.75, 3.05) is 0 Å². The Bertz CT molecular complexity index is 1310. The van der Waals surface area contributed by atoms with E-state index in [1.165, 1.54) is 48.5 Å². The molecule has 1 aliphatic rings. The number of nitro groups is 1. The van der Waals surface area contributed by atoms with Gasteiger partial charge in [-0.15, -0.1) is 0 Å². The van der Waals surface area contributed by atoms with Gasteiger partial charge in [0.15, 0.2) is 0 Å². The highest BCUT2D eigenvalue weighted by atomic mass is 35.5. The van der Waals surface area contributed by atoms with Gasteiger partial charge in [-0.1, -0.05) is 29.3 Å². The zero-order valence-electron chi connectivity index (χ0n) is 15.9. The summed E-state index contributed by atoms with van der Waals surface area (Å²) in [5.74, 6) is -0.648. The molecule has 0 aliphatic carbocycles. The Hall–Kier alpha value is -3.14. The van der Waals surface area contributed by atoms with Crippen LogP contribution in [0, 0.1) is 15.9 Å². The molecule has 3 aromatic rings. The van der Waals surface area contributed by atoms with E-state index in [2.05, 4.69) is 0 Å². The van der Waals surface area contributed by atoms with Crippen LogP contribution < -0.4 is 0 Å². The molecule has 0 N–H and O–H groups in total. The van der Waals surface area contributed by atoms with Crippen molar-refractivity contribution in [1.29, 1.82) is 0 Å². The van der Waals surface area contributed by atoms with Crippen LogP contribution in [-0.2, 0) is 11.3 Å². The number of nitro benzene ring substituents is 1. The minimum atomic E-state index is -0.574. The topological polar surface area (TPSA) is 93.7 Å². The van der Waals surface area contributed by atoms with Crippen LogP contribution >= 0.6 is 35.0 Å². The number of halogens is 3. The van der Waals surface area contributed by atoms with Gasteiger partial charge in [0.25, 0.3) is 16.8 Å². The maximum absolute atomic E-state index is 13.2. The molecule has 4 rings (SSSR count). The number of hydrogen-bond donors (Lipinski definition) is 0. The lowest BCUT2D eigenvalue weighted by Crippen LogP contribution is -2.27. The first-order valence-corrected chi connectivity index (χ1v) is 10.5. The van der Waals surface area contributed by atoms with Crippen molar-refractivity contribution in [2.45, 2.75) is 6.54 Å². The smallest absolute Gasteiger partial charge is 0.293 e. The highest BCUT2D eigenvalue weighted by molar-refractivity contribution is 8.18. The molecule has 2 aromatic carbocycles. The van der Waals surface area contributed by atoms with E-state index in [9.17, 15) is 24.1 Å². The summed E-state index contributed by atoms with van der Waals surface area (Å²) in [7, 11) is 0. The van der Waals surface area contributed by atoms with Gasteiger partial charge in [-0.25, -0.2) is 4.39 Å². The molecular weight excluding hydrogens is 482 g/mol. The Morgan fingerprint density at radius 1 is 1.12 bits per heavy atom. The van der Waals surface area contributed by atoms with E-state index in [0.717, 1.165) is 11.0 Å². The Kier molecular flexibility index (Phi) is 6.05. The van der Waals surface area contributed by atoms with E-state index in [-0.39, 0.29) is 44.3 Å². The number of nitrogens with zero attached hydrogens (tertiary/aromatic N) is 2. The molecule has 0 unspecified atom stereocenters. The van der Waals surface area contributed by atoms with Crippen molar-refractivity contribution in [1.82, 2.24) is 4.90 Å². The van der Waals surface area contributed by atoms with Crippen LogP contribution in [0.4, 0.5) is 14.9 Å². The van der Waals surface area contributed by atoms with Gasteiger partial charge in [-0.2, -0.15) is 0 Å². The predicted octanol–water partition coefficient (Wildman–Crippen LogP) is 6.54. The van der Waals surface area contributed by atoms with E-state index in [4.69, 9.17) is 27.6 Å². The number of carbonyl (C=O) groups is 2. The SMILES string of the molecule is O=C1S/C(=C/c2ccc(-c3ccc(Cl)cc3[N+](=O)[O-])o2)C(=O)N1Cc1ccc(F)cc1Cl. The van der Waals surface area contributed by atoms with Crippen molar-refractivity contribution in [2.24, 2.45) is 0 Å². The molecule has 1 aromatic heterocycles. The first kappa shape index (κ1) is 22.1. The second-order valence-electron chi connectivity index (χ2n) is 6.62. The molecule has 0 spiro atoms. The summed E-state index contributed by atoms with van der Waals surface area (Å²) in [6.45, 7) is -0.110. The quantitative estimate of drug-likeness (QED) is 0.228. The average molecular weight is 493 g/mol. The molecule has 1 fully saturated rings. The number of benzene rings is 2. The molecule has 2 heterocycles. The minimum Gasteiger partial charge on any atom is -0.456 e. The first-order chi connectivity index (χ1) is 15.2. The fourth-order valence-electron chi connectivity index (χ4n) is 3.03. The zero-order chi connectivity index (χ0) is 23.0. The van der Waals surface area contributed by atoms with Gasteiger partial charge in [0, 0.05) is 22.2 Å². The minimum absolute atomic E-state index is 0.105. The summed E-state index contributed by atoms with van der Waals surface area (Å²) in [5, 5.41) is 11.1. The van der Waals surface area contributed by atoms with E-state index in [1.807, 2.05) is 0 Å². The van der Waals surface area contributed by atoms with Gasteiger partial charge in [-0.05, 0) is 53.7 Å². The van der Waals surface area contributed by atoms with Gasteiger partial charge in [0.2, 0.25) is 0 Å². The molecule has 0 bridgehead atoms. The van der Waals surface area contributed by atoms with Crippen LogP contribution in [0.15, 0.2) is 57.9 Å². The molecule has 2 amide bonds. The number of imide groups is 1. The fourth-order valence-corrected chi connectivity index (χ4v) is 4.24. The van der Waals surface area contributed by atoms with Crippen LogP contribution in [0.2, 0.25) is 10.0 Å². The third kappa shape index (κ3) is 4.40. The Labute approximate surface area is 194 Å². The molecule has 1 saturated heterocycles. The van der Waals surface area contributed by atoms with Crippen molar-refractivity contribution < 1.29 is 23.3 Å². The van der Waals surface area contributed by atoms with E-state index >= 15 is 0 Å². The molecule has 32 heavy (non-hydrogen) atoms. The van der Waals surface area contributed by atoms with Gasteiger partial charge in [0.1, 0.15) is 17.3 Å². The summed E-state index contributed by atoms with van der Waals surface area (Å²) in [4.78, 5) is 36.9.